The van der Waals surface area contributed by atoms with Gasteiger partial charge in [-0.25, -0.2) is 14.8 Å². The van der Waals surface area contributed by atoms with Crippen molar-refractivity contribution in [3.05, 3.63) is 108 Å². The van der Waals surface area contributed by atoms with Gasteiger partial charge in [0.2, 0.25) is 0 Å². The zero-order valence-electron chi connectivity index (χ0n) is 29.6. The molecular weight excluding hydrogens is 670 g/mol. The lowest BCUT2D eigenvalue weighted by molar-refractivity contribution is -0.142. The molecule has 3 aliphatic heterocycles. The Hall–Kier alpha value is -5.75. The third-order valence-electron chi connectivity index (χ3n) is 10.8. The molecule has 3 aromatic carbocycles. The lowest BCUT2D eigenvalue weighted by Gasteiger charge is -2.28. The Kier molecular flexibility index (Phi) is 9.53. The van der Waals surface area contributed by atoms with E-state index in [0.717, 1.165) is 90.1 Å². The van der Waals surface area contributed by atoms with E-state index in [1.165, 1.54) is 0 Å². The van der Waals surface area contributed by atoms with Crippen molar-refractivity contribution in [1.29, 1.82) is 0 Å². The molecule has 8 rings (SSSR count). The van der Waals surface area contributed by atoms with E-state index in [2.05, 4.69) is 69.7 Å². The summed E-state index contributed by atoms with van der Waals surface area (Å²) < 4.78 is 5.68. The first-order valence-electron chi connectivity index (χ1n) is 18.4. The lowest BCUT2D eigenvalue weighted by Crippen LogP contribution is -2.42. The molecule has 3 saturated heterocycles. The zero-order valence-corrected chi connectivity index (χ0v) is 29.6. The maximum Gasteiger partial charge on any atom is 0.405 e. The number of ether oxygens (including phenoxy) is 1. The van der Waals surface area contributed by atoms with Crippen molar-refractivity contribution in [3.63, 3.8) is 0 Å². The number of hydrogen-bond donors (Lipinski definition) is 4. The largest absolute Gasteiger partial charge is 0.465 e. The third-order valence-corrected chi connectivity index (χ3v) is 10.8. The molecule has 0 radical (unpaired) electrons. The van der Waals surface area contributed by atoms with Crippen LogP contribution in [0.25, 0.3) is 33.6 Å². The summed E-state index contributed by atoms with van der Waals surface area (Å²) in [5, 5.41) is 11.9. The Morgan fingerprint density at radius 1 is 0.792 bits per heavy atom. The third kappa shape index (κ3) is 6.94. The van der Waals surface area contributed by atoms with Crippen molar-refractivity contribution in [2.24, 2.45) is 0 Å². The average molecular weight is 714 g/mol. The van der Waals surface area contributed by atoms with E-state index in [9.17, 15) is 19.5 Å². The number of nitrogens with zero attached hydrogens (tertiary/aromatic N) is 4. The molecule has 3 amide bonds. The van der Waals surface area contributed by atoms with Crippen LogP contribution in [0, 0.1) is 6.92 Å². The maximum absolute atomic E-state index is 13.7. The minimum atomic E-state index is -1.25. The number of imidazole rings is 2. The van der Waals surface area contributed by atoms with Crippen LogP contribution in [0.4, 0.5) is 4.79 Å². The van der Waals surface area contributed by atoms with Gasteiger partial charge in [0, 0.05) is 19.7 Å². The first-order valence-corrected chi connectivity index (χ1v) is 18.4. The number of aromatic nitrogens is 4. The van der Waals surface area contributed by atoms with Crippen LogP contribution < -0.4 is 5.32 Å². The number of amides is 3. The molecule has 4 N–H and O–H groups in total. The second-order valence-electron chi connectivity index (χ2n) is 14.1. The van der Waals surface area contributed by atoms with Crippen molar-refractivity contribution in [3.8, 4) is 33.6 Å². The Morgan fingerprint density at radius 3 is 2.06 bits per heavy atom. The van der Waals surface area contributed by atoms with E-state index >= 15 is 0 Å². The molecule has 3 aliphatic rings. The van der Waals surface area contributed by atoms with Gasteiger partial charge in [0.1, 0.15) is 23.8 Å². The number of likely N-dealkylation sites (tertiary alicyclic amines) is 2. The summed E-state index contributed by atoms with van der Waals surface area (Å²) in [7, 11) is 0. The van der Waals surface area contributed by atoms with E-state index in [-0.39, 0.29) is 30.0 Å². The number of rotatable bonds is 9. The smallest absolute Gasteiger partial charge is 0.405 e. The van der Waals surface area contributed by atoms with Gasteiger partial charge in [-0.3, -0.25) is 9.59 Å². The van der Waals surface area contributed by atoms with Crippen LogP contribution in [0.3, 0.4) is 0 Å². The van der Waals surface area contributed by atoms with E-state index in [1.54, 1.807) is 35.4 Å². The first kappa shape index (κ1) is 34.3. The zero-order chi connectivity index (χ0) is 36.5. The van der Waals surface area contributed by atoms with Gasteiger partial charge >= 0.3 is 6.09 Å². The van der Waals surface area contributed by atoms with Crippen molar-refractivity contribution in [2.75, 3.05) is 19.7 Å². The maximum atomic E-state index is 13.7. The molecule has 5 aromatic rings. The molecule has 4 atom stereocenters. The van der Waals surface area contributed by atoms with Gasteiger partial charge < -0.3 is 34.9 Å². The summed E-state index contributed by atoms with van der Waals surface area (Å²) in [6, 6.07) is 22.3. The summed E-state index contributed by atoms with van der Waals surface area (Å²) in [4.78, 5) is 58.4. The van der Waals surface area contributed by atoms with E-state index in [0.29, 0.717) is 24.5 Å². The predicted molar refractivity (Wildman–Crippen MR) is 198 cm³/mol. The summed E-state index contributed by atoms with van der Waals surface area (Å²) in [6.07, 6.45) is 7.18. The highest BCUT2D eigenvalue weighted by atomic mass is 16.5. The van der Waals surface area contributed by atoms with E-state index in [4.69, 9.17) is 9.72 Å². The van der Waals surface area contributed by atoms with Crippen molar-refractivity contribution < 1.29 is 24.2 Å². The normalized spacial score (nSPS) is 20.5. The van der Waals surface area contributed by atoms with Crippen LogP contribution in [-0.2, 0) is 14.3 Å². The lowest BCUT2D eigenvalue weighted by atomic mass is 9.96. The number of benzene rings is 3. The van der Waals surface area contributed by atoms with Crippen LogP contribution in [0.5, 0.6) is 0 Å². The Balaban J connectivity index is 0.949. The van der Waals surface area contributed by atoms with Crippen LogP contribution in [0.1, 0.15) is 79.4 Å². The molecule has 272 valence electrons. The summed E-state index contributed by atoms with van der Waals surface area (Å²) in [5.41, 5.74) is 7.71. The fourth-order valence-corrected chi connectivity index (χ4v) is 8.10. The molecule has 0 aliphatic carbocycles. The Morgan fingerprint density at radius 2 is 1.42 bits per heavy atom. The van der Waals surface area contributed by atoms with Gasteiger partial charge in [-0.1, -0.05) is 66.7 Å². The van der Waals surface area contributed by atoms with E-state index in [1.807, 2.05) is 17.2 Å². The number of carbonyl (C=O) groups excluding carboxylic acids is 2. The number of carbonyl (C=O) groups is 3. The molecule has 5 heterocycles. The number of aryl methyl sites for hydroxylation is 1. The predicted octanol–water partition coefficient (Wildman–Crippen LogP) is 6.96. The number of hydrogen-bond acceptors (Lipinski definition) is 6. The van der Waals surface area contributed by atoms with Gasteiger partial charge in [-0.15, -0.1) is 0 Å². The van der Waals surface area contributed by atoms with Gasteiger partial charge in [-0.05, 0) is 84.9 Å². The monoisotopic (exact) mass is 713 g/mol. The van der Waals surface area contributed by atoms with Crippen LogP contribution in [0.15, 0.2) is 85.2 Å². The highest BCUT2D eigenvalue weighted by Gasteiger charge is 2.38. The topological polar surface area (TPSA) is 157 Å². The minimum absolute atomic E-state index is 0.0574. The number of nitrogens with one attached hydrogen (secondary N) is 3. The fourth-order valence-electron chi connectivity index (χ4n) is 8.10. The molecule has 0 unspecified atom stereocenters. The quantitative estimate of drug-likeness (QED) is 0.129. The van der Waals surface area contributed by atoms with Crippen molar-refractivity contribution in [1.82, 2.24) is 35.1 Å². The molecule has 2 aromatic heterocycles. The number of carboxylic acid groups (broad SMARTS) is 1. The number of aromatic amines is 2. The van der Waals surface area contributed by atoms with E-state index < -0.39 is 12.1 Å². The van der Waals surface area contributed by atoms with Crippen LogP contribution in [0.2, 0.25) is 0 Å². The Bertz CT molecular complexity index is 2100. The standard InChI is InChI=1S/C41H43N7O5/c1-25-22-29(32-24-43-37(45-32)33-10-5-19-47(33)39(49)35-12-7-21-53-35)17-18-30(25)26-13-15-27(16-14-26)31-23-42-38(44-31)34-11-6-20-48(34)40(50)36(46-41(51)52)28-8-3-2-4-9-28/h2-4,8-9,13-18,22-24,33-36,46H,5-7,10-12,19-21H2,1H3,(H,42,44)(H,43,45)(H,51,52)/t33-,34-,35-,36+/m0/s1. The summed E-state index contributed by atoms with van der Waals surface area (Å²) >= 11 is 0. The molecular formula is C41H43N7O5. The van der Waals surface area contributed by atoms with Gasteiger partial charge in [0.05, 0.1) is 35.9 Å². The summed E-state index contributed by atoms with van der Waals surface area (Å²) in [5.74, 6) is 1.29. The fraction of sp³-hybridized carbons (Fsp3) is 0.341. The molecule has 3 fully saturated rings. The molecule has 0 spiro atoms. The van der Waals surface area contributed by atoms with Crippen molar-refractivity contribution >= 4 is 17.9 Å². The Labute approximate surface area is 307 Å². The van der Waals surface area contributed by atoms with Crippen LogP contribution in [-0.4, -0.2) is 78.6 Å². The highest BCUT2D eigenvalue weighted by Crippen LogP contribution is 2.36. The molecule has 0 bridgehead atoms. The van der Waals surface area contributed by atoms with Gasteiger partial charge in [0.15, 0.2) is 0 Å². The van der Waals surface area contributed by atoms with Crippen LogP contribution >= 0.6 is 0 Å². The average Bonchev–Trinajstić information content (AvgIpc) is 4.03. The summed E-state index contributed by atoms with van der Waals surface area (Å²) in [6.45, 7) is 4.02. The number of H-pyrrole nitrogens is 2. The van der Waals surface area contributed by atoms with Gasteiger partial charge in [-0.2, -0.15) is 0 Å². The molecule has 12 heteroatoms. The SMILES string of the molecule is Cc1cc(-c2cnc([C@@H]3CCCN3C(=O)[C@@H]3CCCO3)[nH]2)ccc1-c1ccc(-c2cnc([C@@H]3CCCN3C(=O)[C@H](NC(=O)O)c3ccccc3)[nH]2)cc1. The second-order valence-corrected chi connectivity index (χ2v) is 14.1. The minimum Gasteiger partial charge on any atom is -0.465 e. The molecule has 12 nitrogen and oxygen atoms in total. The highest BCUT2D eigenvalue weighted by molar-refractivity contribution is 5.87. The molecule has 0 saturated carbocycles. The first-order chi connectivity index (χ1) is 25.8. The van der Waals surface area contributed by atoms with Gasteiger partial charge in [0.25, 0.3) is 11.8 Å². The van der Waals surface area contributed by atoms with Crippen molar-refractivity contribution in [2.45, 2.75) is 69.7 Å². The second kappa shape index (κ2) is 14.7. The molecule has 53 heavy (non-hydrogen) atoms.